The monoisotopic (exact) mass is 273 g/mol. The van der Waals surface area contributed by atoms with Gasteiger partial charge in [0.25, 0.3) is 0 Å². The van der Waals surface area contributed by atoms with Gasteiger partial charge in [-0.2, -0.15) is 0 Å². The van der Waals surface area contributed by atoms with Gasteiger partial charge in [-0.1, -0.05) is 22.0 Å². The molecule has 0 aliphatic rings. The molecule has 0 spiro atoms. The molecule has 1 rings (SSSR count). The molecule has 15 heavy (non-hydrogen) atoms. The van der Waals surface area contributed by atoms with Gasteiger partial charge in [-0.3, -0.25) is 0 Å². The molecule has 3 nitrogen and oxygen atoms in total. The van der Waals surface area contributed by atoms with Crippen molar-refractivity contribution in [1.29, 1.82) is 0 Å². The molecule has 0 aromatic heterocycles. The molecule has 1 aromatic rings. The van der Waals surface area contributed by atoms with Crippen molar-refractivity contribution in [2.45, 2.75) is 19.6 Å². The minimum Gasteiger partial charge on any atom is -0.392 e. The second-order valence-corrected chi connectivity index (χ2v) is 4.58. The van der Waals surface area contributed by atoms with Crippen molar-refractivity contribution in [3.05, 3.63) is 28.2 Å². The molecule has 2 N–H and O–H groups in total. The van der Waals surface area contributed by atoms with Gasteiger partial charge in [-0.05, 0) is 19.1 Å². The second-order valence-electron chi connectivity index (χ2n) is 3.66. The molecule has 1 unspecified atom stereocenters. The largest absolute Gasteiger partial charge is 0.392 e. The van der Waals surface area contributed by atoms with Crippen LogP contribution in [0.15, 0.2) is 22.7 Å². The first-order chi connectivity index (χ1) is 7.04. The summed E-state index contributed by atoms with van der Waals surface area (Å²) >= 11 is 3.39. The van der Waals surface area contributed by atoms with Crippen LogP contribution in [0, 0.1) is 0 Å². The molecule has 0 saturated heterocycles. The molecule has 1 aromatic carbocycles. The Labute approximate surface area is 98.5 Å². The van der Waals surface area contributed by atoms with Crippen molar-refractivity contribution < 1.29 is 10.2 Å². The quantitative estimate of drug-likeness (QED) is 0.879. The molecule has 0 heterocycles. The highest BCUT2D eigenvalue weighted by Gasteiger charge is 2.09. The van der Waals surface area contributed by atoms with E-state index in [9.17, 15) is 10.2 Å². The normalized spacial score (nSPS) is 12.6. The molecule has 0 bridgehead atoms. The Kier molecular flexibility index (Phi) is 4.57. The van der Waals surface area contributed by atoms with E-state index in [0.717, 1.165) is 15.7 Å². The third-order valence-electron chi connectivity index (χ3n) is 2.17. The van der Waals surface area contributed by atoms with Crippen molar-refractivity contribution in [3.63, 3.8) is 0 Å². The maximum atomic E-state index is 9.30. The summed E-state index contributed by atoms with van der Waals surface area (Å²) in [6.45, 7) is 2.29. The molecule has 0 fully saturated rings. The second kappa shape index (κ2) is 5.49. The van der Waals surface area contributed by atoms with Crippen LogP contribution in [0.25, 0.3) is 0 Å². The fourth-order valence-electron chi connectivity index (χ4n) is 1.52. The van der Waals surface area contributed by atoms with E-state index < -0.39 is 0 Å². The van der Waals surface area contributed by atoms with Gasteiger partial charge in [0.2, 0.25) is 0 Å². The lowest BCUT2D eigenvalue weighted by atomic mass is 10.1. The van der Waals surface area contributed by atoms with Crippen LogP contribution >= 0.6 is 15.9 Å². The van der Waals surface area contributed by atoms with E-state index in [0.29, 0.717) is 6.54 Å². The van der Waals surface area contributed by atoms with Gasteiger partial charge >= 0.3 is 0 Å². The van der Waals surface area contributed by atoms with E-state index in [4.69, 9.17) is 0 Å². The summed E-state index contributed by atoms with van der Waals surface area (Å²) in [5, 5.41) is 18.5. The van der Waals surface area contributed by atoms with E-state index in [1.54, 1.807) is 6.92 Å². The van der Waals surface area contributed by atoms with Gasteiger partial charge in [0.05, 0.1) is 12.7 Å². The third-order valence-corrected chi connectivity index (χ3v) is 2.66. The third kappa shape index (κ3) is 3.48. The van der Waals surface area contributed by atoms with E-state index in [1.807, 2.05) is 30.1 Å². The van der Waals surface area contributed by atoms with Crippen molar-refractivity contribution in [2.24, 2.45) is 0 Å². The lowest BCUT2D eigenvalue weighted by molar-refractivity contribution is 0.201. The standard InChI is InChI=1S/C11H16BrNO2/c1-8(15)6-13(2)11-5-10(12)4-3-9(11)7-14/h3-5,8,14-15H,6-7H2,1-2H3. The average molecular weight is 274 g/mol. The zero-order valence-corrected chi connectivity index (χ0v) is 10.5. The van der Waals surface area contributed by atoms with Crippen LogP contribution in [0.2, 0.25) is 0 Å². The van der Waals surface area contributed by atoms with Crippen molar-refractivity contribution >= 4 is 21.6 Å². The Balaban J connectivity index is 2.94. The molecule has 0 amide bonds. The average Bonchev–Trinajstić information content (AvgIpc) is 2.16. The van der Waals surface area contributed by atoms with Crippen LogP contribution in [0.5, 0.6) is 0 Å². The molecule has 4 heteroatoms. The molecule has 1 atom stereocenters. The van der Waals surface area contributed by atoms with Gasteiger partial charge in [-0.25, -0.2) is 0 Å². The molecule has 0 radical (unpaired) electrons. The molecule has 0 aliphatic carbocycles. The zero-order chi connectivity index (χ0) is 11.4. The van der Waals surface area contributed by atoms with Gasteiger partial charge in [0.15, 0.2) is 0 Å². The smallest absolute Gasteiger partial charge is 0.0702 e. The lowest BCUT2D eigenvalue weighted by Crippen LogP contribution is -2.27. The van der Waals surface area contributed by atoms with E-state index in [2.05, 4.69) is 15.9 Å². The Morgan fingerprint density at radius 1 is 1.47 bits per heavy atom. The number of nitrogens with zero attached hydrogens (tertiary/aromatic N) is 1. The summed E-state index contributed by atoms with van der Waals surface area (Å²) in [6.07, 6.45) is -0.388. The number of anilines is 1. The number of likely N-dealkylation sites (N-methyl/N-ethyl adjacent to an activating group) is 1. The fraction of sp³-hybridized carbons (Fsp3) is 0.455. The molecular formula is C11H16BrNO2. The van der Waals surface area contributed by atoms with E-state index in [-0.39, 0.29) is 12.7 Å². The maximum Gasteiger partial charge on any atom is 0.0702 e. The minimum atomic E-state index is -0.388. The van der Waals surface area contributed by atoms with Gasteiger partial charge in [0.1, 0.15) is 0 Å². The predicted molar refractivity (Wildman–Crippen MR) is 65.0 cm³/mol. The molecule has 0 saturated carbocycles. The highest BCUT2D eigenvalue weighted by atomic mass is 79.9. The molecular weight excluding hydrogens is 258 g/mol. The summed E-state index contributed by atoms with van der Waals surface area (Å²) < 4.78 is 0.965. The molecule has 84 valence electrons. The Morgan fingerprint density at radius 2 is 2.13 bits per heavy atom. The number of benzene rings is 1. The van der Waals surface area contributed by atoms with Crippen molar-refractivity contribution in [2.75, 3.05) is 18.5 Å². The van der Waals surface area contributed by atoms with E-state index >= 15 is 0 Å². The first kappa shape index (κ1) is 12.5. The number of hydrogen-bond donors (Lipinski definition) is 2. The van der Waals surface area contributed by atoms with Gasteiger partial charge in [0, 0.05) is 29.3 Å². The summed E-state index contributed by atoms with van der Waals surface area (Å²) in [4.78, 5) is 1.93. The fourth-order valence-corrected chi connectivity index (χ4v) is 1.87. The van der Waals surface area contributed by atoms with E-state index in [1.165, 1.54) is 0 Å². The summed E-state index contributed by atoms with van der Waals surface area (Å²) in [6, 6.07) is 5.71. The van der Waals surface area contributed by atoms with Crippen molar-refractivity contribution in [1.82, 2.24) is 0 Å². The number of rotatable bonds is 4. The highest BCUT2D eigenvalue weighted by molar-refractivity contribution is 9.10. The van der Waals surface area contributed by atoms with Crippen LogP contribution in [-0.2, 0) is 6.61 Å². The number of hydrogen-bond acceptors (Lipinski definition) is 3. The molecule has 0 aliphatic heterocycles. The van der Waals surface area contributed by atoms with Crippen LogP contribution in [0.3, 0.4) is 0 Å². The summed E-state index contributed by atoms with van der Waals surface area (Å²) in [7, 11) is 1.90. The Hall–Kier alpha value is -0.580. The summed E-state index contributed by atoms with van der Waals surface area (Å²) in [5.41, 5.74) is 1.80. The maximum absolute atomic E-state index is 9.30. The van der Waals surface area contributed by atoms with Crippen molar-refractivity contribution in [3.8, 4) is 0 Å². The van der Waals surface area contributed by atoms with Crippen LogP contribution < -0.4 is 4.90 Å². The van der Waals surface area contributed by atoms with Crippen LogP contribution in [0.1, 0.15) is 12.5 Å². The minimum absolute atomic E-state index is 0.00671. The Bertz CT molecular complexity index is 328. The predicted octanol–water partition coefficient (Wildman–Crippen LogP) is 1.76. The van der Waals surface area contributed by atoms with Crippen LogP contribution in [0.4, 0.5) is 5.69 Å². The SMILES string of the molecule is CC(O)CN(C)c1cc(Br)ccc1CO. The Morgan fingerprint density at radius 3 is 2.67 bits per heavy atom. The van der Waals surface area contributed by atoms with Crippen LogP contribution in [-0.4, -0.2) is 29.9 Å². The topological polar surface area (TPSA) is 43.7 Å². The van der Waals surface area contributed by atoms with Gasteiger partial charge in [-0.15, -0.1) is 0 Å². The number of halogens is 1. The highest BCUT2D eigenvalue weighted by Crippen LogP contribution is 2.24. The summed E-state index contributed by atoms with van der Waals surface area (Å²) in [5.74, 6) is 0. The zero-order valence-electron chi connectivity index (χ0n) is 8.94. The van der Waals surface area contributed by atoms with Gasteiger partial charge < -0.3 is 15.1 Å². The number of aliphatic hydroxyl groups excluding tert-OH is 2. The lowest BCUT2D eigenvalue weighted by Gasteiger charge is -2.23. The first-order valence-corrected chi connectivity index (χ1v) is 5.62. The first-order valence-electron chi connectivity index (χ1n) is 4.83. The number of aliphatic hydroxyl groups is 2.